The first kappa shape index (κ1) is 20.9. The van der Waals surface area contributed by atoms with Gasteiger partial charge in [-0.05, 0) is 47.1 Å². The summed E-state index contributed by atoms with van der Waals surface area (Å²) in [6.45, 7) is 11.8. The second kappa shape index (κ2) is 8.11. The van der Waals surface area contributed by atoms with Crippen molar-refractivity contribution in [3.8, 4) is 0 Å². The zero-order chi connectivity index (χ0) is 19.5. The van der Waals surface area contributed by atoms with Crippen LogP contribution in [0.15, 0.2) is 34.7 Å². The smallest absolute Gasteiger partial charge is 0.330 e. The third kappa shape index (κ3) is 5.56. The van der Waals surface area contributed by atoms with E-state index in [9.17, 15) is 9.35 Å². The number of hydrogen-bond acceptors (Lipinski definition) is 5. The standard InChI is InChI=1S/C20H30N2O3S/c1-19(2,3)18(23)25-22-13-12-16(21-26(24)20(4,5)6)14-17(22)15-10-8-7-9-11-15/h7-11,17H,12-14H2,1-6H3. The van der Waals surface area contributed by atoms with Gasteiger partial charge < -0.3 is 9.39 Å². The fourth-order valence-corrected chi connectivity index (χ4v) is 3.15. The fraction of sp³-hybridized carbons (Fsp3) is 0.600. The number of hydrogen-bond donors (Lipinski definition) is 0. The highest BCUT2D eigenvalue weighted by Gasteiger charge is 2.35. The van der Waals surface area contributed by atoms with Crippen molar-refractivity contribution in [2.75, 3.05) is 6.54 Å². The highest BCUT2D eigenvalue weighted by atomic mass is 32.2. The second-order valence-corrected chi connectivity index (χ2v) is 10.6. The number of benzene rings is 1. The molecule has 0 aromatic heterocycles. The zero-order valence-corrected chi connectivity index (χ0v) is 17.4. The van der Waals surface area contributed by atoms with Gasteiger partial charge in [0.15, 0.2) is 0 Å². The molecule has 1 aliphatic heterocycles. The Morgan fingerprint density at radius 2 is 1.81 bits per heavy atom. The number of hydroxylamine groups is 2. The van der Waals surface area contributed by atoms with Crippen LogP contribution in [0.1, 0.15) is 66.0 Å². The van der Waals surface area contributed by atoms with Crippen molar-refractivity contribution >= 4 is 23.0 Å². The van der Waals surface area contributed by atoms with Crippen molar-refractivity contribution < 1.29 is 14.2 Å². The van der Waals surface area contributed by atoms with E-state index in [-0.39, 0.29) is 16.8 Å². The van der Waals surface area contributed by atoms with Gasteiger partial charge in [0.2, 0.25) is 0 Å². The first-order chi connectivity index (χ1) is 12.0. The lowest BCUT2D eigenvalue weighted by molar-refractivity contribution is -0.213. The Balaban J connectivity index is 2.24. The molecule has 2 unspecified atom stereocenters. The van der Waals surface area contributed by atoms with Gasteiger partial charge in [-0.15, -0.1) is 5.06 Å². The molecule has 1 aromatic carbocycles. The number of piperidine rings is 1. The molecule has 0 aliphatic carbocycles. The van der Waals surface area contributed by atoms with E-state index in [1.54, 1.807) is 5.06 Å². The van der Waals surface area contributed by atoms with Crippen molar-refractivity contribution in [1.29, 1.82) is 0 Å². The predicted octanol–water partition coefficient (Wildman–Crippen LogP) is 4.23. The molecule has 0 N–H and O–H groups in total. The SMILES string of the molecule is CC(C)(C)C(=O)ON1CCC(=N[S+]([O-])C(C)(C)C)CC1c1ccccc1. The molecule has 1 heterocycles. The van der Waals surface area contributed by atoms with Crippen LogP contribution in [0.4, 0.5) is 0 Å². The first-order valence-corrected chi connectivity index (χ1v) is 10.1. The van der Waals surface area contributed by atoms with Gasteiger partial charge in [0.25, 0.3) is 0 Å². The predicted molar refractivity (Wildman–Crippen MR) is 106 cm³/mol. The van der Waals surface area contributed by atoms with E-state index in [0.717, 1.165) is 11.3 Å². The van der Waals surface area contributed by atoms with Crippen LogP contribution >= 0.6 is 0 Å². The fourth-order valence-electron chi connectivity index (χ4n) is 2.47. The van der Waals surface area contributed by atoms with Crippen LogP contribution in [0.25, 0.3) is 0 Å². The maximum atomic E-state index is 12.4. The first-order valence-electron chi connectivity index (χ1n) is 9.01. The summed E-state index contributed by atoms with van der Waals surface area (Å²) < 4.78 is 16.5. The largest absolute Gasteiger partial charge is 0.591 e. The second-order valence-electron chi connectivity index (χ2n) is 8.67. The summed E-state index contributed by atoms with van der Waals surface area (Å²) in [4.78, 5) is 18.1. The van der Waals surface area contributed by atoms with Gasteiger partial charge in [0.1, 0.15) is 16.1 Å². The van der Waals surface area contributed by atoms with E-state index in [1.807, 2.05) is 71.9 Å². The van der Waals surface area contributed by atoms with Crippen LogP contribution in [-0.2, 0) is 21.0 Å². The Morgan fingerprint density at radius 3 is 2.35 bits per heavy atom. The number of nitrogens with zero attached hydrogens (tertiary/aromatic N) is 2. The molecule has 1 aliphatic rings. The molecular weight excluding hydrogens is 348 g/mol. The highest BCUT2D eigenvalue weighted by molar-refractivity contribution is 7.91. The normalized spacial score (nSPS) is 22.3. The average molecular weight is 379 g/mol. The molecule has 26 heavy (non-hydrogen) atoms. The Kier molecular flexibility index (Phi) is 6.53. The van der Waals surface area contributed by atoms with Gasteiger partial charge in [0.05, 0.1) is 17.2 Å². The van der Waals surface area contributed by atoms with E-state index in [1.165, 1.54) is 0 Å². The summed E-state index contributed by atoms with van der Waals surface area (Å²) in [6, 6.07) is 9.82. The zero-order valence-electron chi connectivity index (χ0n) is 16.6. The third-order valence-electron chi connectivity index (χ3n) is 4.13. The minimum atomic E-state index is -1.28. The molecule has 144 valence electrons. The van der Waals surface area contributed by atoms with Gasteiger partial charge in [-0.3, -0.25) is 0 Å². The molecule has 6 heteroatoms. The summed E-state index contributed by atoms with van der Waals surface area (Å²) >= 11 is -1.28. The number of rotatable bonds is 3. The highest BCUT2D eigenvalue weighted by Crippen LogP contribution is 2.32. The van der Waals surface area contributed by atoms with E-state index in [4.69, 9.17) is 4.84 Å². The molecule has 0 radical (unpaired) electrons. The molecule has 2 atom stereocenters. The summed E-state index contributed by atoms with van der Waals surface area (Å²) in [5.74, 6) is -0.253. The molecule has 1 saturated heterocycles. The quantitative estimate of drug-likeness (QED) is 0.738. The van der Waals surface area contributed by atoms with Crippen molar-refractivity contribution in [1.82, 2.24) is 5.06 Å². The van der Waals surface area contributed by atoms with E-state index < -0.39 is 16.8 Å². The van der Waals surface area contributed by atoms with Crippen LogP contribution in [0.3, 0.4) is 0 Å². The van der Waals surface area contributed by atoms with Crippen molar-refractivity contribution in [2.24, 2.45) is 9.81 Å². The van der Waals surface area contributed by atoms with Gasteiger partial charge in [-0.2, -0.15) is 0 Å². The van der Waals surface area contributed by atoms with E-state index in [2.05, 4.69) is 4.40 Å². The molecule has 1 aromatic rings. The van der Waals surface area contributed by atoms with E-state index >= 15 is 0 Å². The Bertz CT molecular complexity index is 647. The summed E-state index contributed by atoms with van der Waals surface area (Å²) in [7, 11) is 0. The molecular formula is C20H30N2O3S. The minimum Gasteiger partial charge on any atom is -0.591 e. The van der Waals surface area contributed by atoms with Crippen LogP contribution in [0, 0.1) is 5.41 Å². The molecule has 0 bridgehead atoms. The lowest BCUT2D eigenvalue weighted by atomic mass is 9.95. The van der Waals surface area contributed by atoms with Crippen LogP contribution in [0.2, 0.25) is 0 Å². The van der Waals surface area contributed by atoms with Gasteiger partial charge in [-0.25, -0.2) is 4.79 Å². The lowest BCUT2D eigenvalue weighted by Crippen LogP contribution is -2.41. The average Bonchev–Trinajstić information content (AvgIpc) is 2.55. The number of carbonyl (C=O) groups is 1. The molecule has 1 fully saturated rings. The Morgan fingerprint density at radius 1 is 1.19 bits per heavy atom. The molecule has 0 spiro atoms. The van der Waals surface area contributed by atoms with Crippen LogP contribution in [0.5, 0.6) is 0 Å². The number of carbonyl (C=O) groups excluding carboxylic acids is 1. The van der Waals surface area contributed by atoms with Gasteiger partial charge >= 0.3 is 5.97 Å². The van der Waals surface area contributed by atoms with Crippen LogP contribution < -0.4 is 0 Å². The molecule has 2 rings (SSSR count). The summed E-state index contributed by atoms with van der Waals surface area (Å²) in [6.07, 6.45) is 1.24. The molecule has 0 amide bonds. The monoisotopic (exact) mass is 378 g/mol. The summed E-state index contributed by atoms with van der Waals surface area (Å²) in [5, 5.41) is 1.75. The van der Waals surface area contributed by atoms with Gasteiger partial charge in [0, 0.05) is 19.4 Å². The third-order valence-corrected chi connectivity index (χ3v) is 5.60. The summed E-state index contributed by atoms with van der Waals surface area (Å²) in [5.41, 5.74) is 1.40. The minimum absolute atomic E-state index is 0.119. The van der Waals surface area contributed by atoms with Crippen molar-refractivity contribution in [3.63, 3.8) is 0 Å². The van der Waals surface area contributed by atoms with Crippen LogP contribution in [-0.4, -0.2) is 32.6 Å². The topological polar surface area (TPSA) is 65.0 Å². The van der Waals surface area contributed by atoms with E-state index in [0.29, 0.717) is 19.4 Å². The van der Waals surface area contributed by atoms with Crippen molar-refractivity contribution in [2.45, 2.75) is 65.2 Å². The Labute approximate surface area is 160 Å². The van der Waals surface area contributed by atoms with Gasteiger partial charge in [-0.1, -0.05) is 34.7 Å². The van der Waals surface area contributed by atoms with Crippen molar-refractivity contribution in [3.05, 3.63) is 35.9 Å². The molecule has 5 nitrogen and oxygen atoms in total. The maximum absolute atomic E-state index is 12.4. The maximum Gasteiger partial charge on any atom is 0.330 e. The Hall–Kier alpha value is -1.37. The molecule has 0 saturated carbocycles. The lowest BCUT2D eigenvalue weighted by Gasteiger charge is -2.36.